The molecule has 0 saturated carbocycles. The smallest absolute Gasteiger partial charge is 0.196 e. The molecule has 0 radical (unpaired) electrons. The molecule has 0 aliphatic heterocycles. The maximum atomic E-state index is 12.6. The Labute approximate surface area is 156 Å². The summed E-state index contributed by atoms with van der Waals surface area (Å²) in [6, 6.07) is 18.8. The molecule has 2 nitrogen and oxygen atoms in total. The molecule has 0 fully saturated rings. The van der Waals surface area contributed by atoms with Crippen molar-refractivity contribution in [2.45, 2.75) is 33.1 Å². The van der Waals surface area contributed by atoms with Gasteiger partial charge in [0, 0.05) is 12.3 Å². The molecule has 0 aliphatic carbocycles. The van der Waals surface area contributed by atoms with Gasteiger partial charge >= 0.3 is 0 Å². The van der Waals surface area contributed by atoms with Crippen molar-refractivity contribution in [3.05, 3.63) is 60.2 Å². The molecule has 0 saturated heterocycles. The van der Waals surface area contributed by atoms with Crippen molar-refractivity contribution in [3.63, 3.8) is 0 Å². The van der Waals surface area contributed by atoms with Crippen LogP contribution in [0.5, 0.6) is 0 Å². The van der Waals surface area contributed by atoms with Gasteiger partial charge in [0.15, 0.2) is 5.12 Å². The molecule has 25 heavy (non-hydrogen) atoms. The van der Waals surface area contributed by atoms with Crippen LogP contribution < -0.4 is 0 Å². The first-order chi connectivity index (χ1) is 12.2. The van der Waals surface area contributed by atoms with Crippen LogP contribution in [-0.4, -0.2) is 35.4 Å². The molecule has 2 rings (SSSR count). The average Bonchev–Trinajstić information content (AvgIpc) is 2.67. The van der Waals surface area contributed by atoms with Crippen LogP contribution in [0, 0.1) is 0 Å². The monoisotopic (exact) mass is 355 g/mol. The highest BCUT2D eigenvalue weighted by atomic mass is 32.2. The molecule has 2 aromatic rings. The van der Waals surface area contributed by atoms with Gasteiger partial charge < -0.3 is 4.90 Å². The number of nitrogens with zero attached hydrogens (tertiary/aromatic N) is 1. The summed E-state index contributed by atoms with van der Waals surface area (Å²) >= 11 is 1.48. The largest absolute Gasteiger partial charge is 0.303 e. The zero-order valence-electron chi connectivity index (χ0n) is 15.6. The topological polar surface area (TPSA) is 20.3 Å². The van der Waals surface area contributed by atoms with Crippen LogP contribution in [0.2, 0.25) is 0 Å². The summed E-state index contributed by atoms with van der Waals surface area (Å²) in [5.41, 5.74) is 3.53. The Morgan fingerprint density at radius 2 is 1.52 bits per heavy atom. The molecule has 0 spiro atoms. The number of thioether (sulfide) groups is 1. The Morgan fingerprint density at radius 3 is 2.08 bits per heavy atom. The minimum atomic E-state index is -0.00785. The molecule has 2 aromatic carbocycles. The third kappa shape index (κ3) is 5.72. The standard InChI is InChI=1S/C22H29NOS/c1-4-21(22(24)25-17-16-23(5-2)6-3)20-14-12-19(13-15-20)18-10-8-7-9-11-18/h7-15,21H,4-6,16-17H2,1-3H3/t21-/m0/s1. The highest BCUT2D eigenvalue weighted by Gasteiger charge is 2.19. The van der Waals surface area contributed by atoms with Gasteiger partial charge in [-0.25, -0.2) is 0 Å². The molecule has 134 valence electrons. The first-order valence-corrected chi connectivity index (χ1v) is 10.2. The minimum absolute atomic E-state index is 0.00785. The Morgan fingerprint density at radius 1 is 0.920 bits per heavy atom. The Kier molecular flexibility index (Phi) is 8.23. The summed E-state index contributed by atoms with van der Waals surface area (Å²) in [7, 11) is 0. The normalized spacial score (nSPS) is 12.3. The van der Waals surface area contributed by atoms with Crippen molar-refractivity contribution in [2.75, 3.05) is 25.4 Å². The lowest BCUT2D eigenvalue weighted by Gasteiger charge is -2.18. The number of carbonyl (C=O) groups excluding carboxylic acids is 1. The molecule has 3 heteroatoms. The maximum absolute atomic E-state index is 12.6. The highest BCUT2D eigenvalue weighted by molar-refractivity contribution is 8.13. The second-order valence-electron chi connectivity index (χ2n) is 6.14. The van der Waals surface area contributed by atoms with Crippen LogP contribution in [-0.2, 0) is 4.79 Å². The molecule has 1 atom stereocenters. The van der Waals surface area contributed by atoms with Crippen LogP contribution in [0.15, 0.2) is 54.6 Å². The van der Waals surface area contributed by atoms with Crippen LogP contribution in [0.1, 0.15) is 38.7 Å². The van der Waals surface area contributed by atoms with Crippen LogP contribution >= 0.6 is 11.8 Å². The van der Waals surface area contributed by atoms with Crippen LogP contribution in [0.25, 0.3) is 11.1 Å². The first-order valence-electron chi connectivity index (χ1n) is 9.23. The summed E-state index contributed by atoms with van der Waals surface area (Å²) in [5.74, 6) is 0.866. The van der Waals surface area contributed by atoms with E-state index in [9.17, 15) is 4.79 Å². The van der Waals surface area contributed by atoms with E-state index in [1.165, 1.54) is 22.9 Å². The van der Waals surface area contributed by atoms with E-state index < -0.39 is 0 Å². The first kappa shape index (κ1) is 19.7. The van der Waals surface area contributed by atoms with Crippen LogP contribution in [0.4, 0.5) is 0 Å². The number of carbonyl (C=O) groups is 1. The van der Waals surface area contributed by atoms with Gasteiger partial charge in [-0.1, -0.05) is 87.1 Å². The molecule has 0 unspecified atom stereocenters. The van der Waals surface area contributed by atoms with Gasteiger partial charge in [-0.15, -0.1) is 0 Å². The van der Waals surface area contributed by atoms with Crippen molar-refractivity contribution in [1.29, 1.82) is 0 Å². The molecule has 0 aromatic heterocycles. The summed E-state index contributed by atoms with van der Waals surface area (Å²) in [4.78, 5) is 15.0. The van der Waals surface area contributed by atoms with Crippen molar-refractivity contribution in [3.8, 4) is 11.1 Å². The number of hydrogen-bond acceptors (Lipinski definition) is 3. The third-order valence-corrected chi connectivity index (χ3v) is 5.61. The maximum Gasteiger partial charge on any atom is 0.196 e. The van der Waals surface area contributed by atoms with E-state index in [1.807, 2.05) is 18.2 Å². The second-order valence-corrected chi connectivity index (χ2v) is 7.24. The lowest BCUT2D eigenvalue weighted by atomic mass is 9.95. The third-order valence-electron chi connectivity index (χ3n) is 4.66. The number of rotatable bonds is 9. The fourth-order valence-corrected chi connectivity index (χ4v) is 4.05. The summed E-state index contributed by atoms with van der Waals surface area (Å²) in [5, 5.41) is 0.294. The Hall–Kier alpha value is -1.58. The van der Waals surface area contributed by atoms with E-state index >= 15 is 0 Å². The van der Waals surface area contributed by atoms with Crippen molar-refractivity contribution in [1.82, 2.24) is 4.90 Å². The quantitative estimate of drug-likeness (QED) is 0.596. The van der Waals surface area contributed by atoms with Crippen molar-refractivity contribution >= 4 is 16.9 Å². The zero-order chi connectivity index (χ0) is 18.1. The second kappa shape index (κ2) is 10.4. The van der Waals surface area contributed by atoms with Crippen molar-refractivity contribution < 1.29 is 4.79 Å². The Bertz CT molecular complexity index is 635. The van der Waals surface area contributed by atoms with Gasteiger partial charge in [-0.3, -0.25) is 4.79 Å². The van der Waals surface area contributed by atoms with E-state index in [-0.39, 0.29) is 5.92 Å². The summed E-state index contributed by atoms with van der Waals surface area (Å²) in [6.07, 6.45) is 0.849. The van der Waals surface area contributed by atoms with Crippen molar-refractivity contribution in [2.24, 2.45) is 0 Å². The summed E-state index contributed by atoms with van der Waals surface area (Å²) in [6.45, 7) is 9.50. The predicted octanol–water partition coefficient (Wildman–Crippen LogP) is 5.45. The van der Waals surface area contributed by atoms with Gasteiger partial charge in [-0.2, -0.15) is 0 Å². The van der Waals surface area contributed by atoms with Gasteiger partial charge in [0.05, 0.1) is 5.92 Å². The molecular formula is C22H29NOS. The van der Waals surface area contributed by atoms with Gasteiger partial charge in [0.2, 0.25) is 0 Å². The van der Waals surface area contributed by atoms with Gasteiger partial charge in [0.25, 0.3) is 0 Å². The SMILES string of the molecule is CC[C@H](C(=O)SCCN(CC)CC)c1ccc(-c2ccccc2)cc1. The predicted molar refractivity (Wildman–Crippen MR) is 110 cm³/mol. The van der Waals surface area contributed by atoms with E-state index in [4.69, 9.17) is 0 Å². The molecule has 0 bridgehead atoms. The lowest BCUT2D eigenvalue weighted by molar-refractivity contribution is -0.112. The molecule has 0 amide bonds. The fraction of sp³-hybridized carbons (Fsp3) is 0.409. The molecular weight excluding hydrogens is 326 g/mol. The Balaban J connectivity index is 1.98. The number of benzene rings is 2. The molecule has 0 aliphatic rings. The zero-order valence-corrected chi connectivity index (χ0v) is 16.4. The minimum Gasteiger partial charge on any atom is -0.303 e. The lowest BCUT2D eigenvalue weighted by Crippen LogP contribution is -2.26. The van der Waals surface area contributed by atoms with Gasteiger partial charge in [-0.05, 0) is 36.2 Å². The molecule has 0 heterocycles. The fourth-order valence-electron chi connectivity index (χ4n) is 2.99. The van der Waals surface area contributed by atoms with E-state index in [1.54, 1.807) is 0 Å². The van der Waals surface area contributed by atoms with E-state index in [2.05, 4.69) is 62.1 Å². The average molecular weight is 356 g/mol. The van der Waals surface area contributed by atoms with Crippen LogP contribution in [0.3, 0.4) is 0 Å². The molecule has 0 N–H and O–H groups in total. The summed E-state index contributed by atoms with van der Waals surface area (Å²) < 4.78 is 0. The highest BCUT2D eigenvalue weighted by Crippen LogP contribution is 2.28. The van der Waals surface area contributed by atoms with Gasteiger partial charge in [0.1, 0.15) is 0 Å². The number of hydrogen-bond donors (Lipinski definition) is 0. The van der Waals surface area contributed by atoms with E-state index in [0.717, 1.165) is 37.4 Å². The van der Waals surface area contributed by atoms with E-state index in [0.29, 0.717) is 5.12 Å².